The number of morpholine rings is 3. The average molecular weight is 1330 g/mol. The summed E-state index contributed by atoms with van der Waals surface area (Å²) >= 11 is 0. The molecule has 17 rings (SSSR count). The summed E-state index contributed by atoms with van der Waals surface area (Å²) in [6.45, 7) is 17.8. The topological polar surface area (TPSA) is 220 Å². The van der Waals surface area contributed by atoms with Gasteiger partial charge >= 0.3 is 0 Å². The molecule has 3 fully saturated rings. The van der Waals surface area contributed by atoms with Crippen molar-refractivity contribution in [1.82, 2.24) is 55.1 Å². The van der Waals surface area contributed by atoms with Crippen molar-refractivity contribution in [3.05, 3.63) is 268 Å². The van der Waals surface area contributed by atoms with Crippen molar-refractivity contribution in [3.8, 4) is 0 Å². The van der Waals surface area contributed by atoms with E-state index in [4.69, 9.17) is 43.9 Å². The number of nitrogens with zero attached hydrogens (tertiary/aromatic N) is 15. The Bertz CT molecular complexity index is 4520. The van der Waals surface area contributed by atoms with Crippen LogP contribution in [0, 0.1) is 0 Å². The number of nitrogens with one attached hydrogen (secondary N) is 1. The third-order valence-electron chi connectivity index (χ3n) is 19.4. The Morgan fingerprint density at radius 2 is 0.920 bits per heavy atom. The third kappa shape index (κ3) is 14.3. The number of allylic oxidation sites excluding steroid dienone is 3. The van der Waals surface area contributed by atoms with Gasteiger partial charge in [-0.25, -0.2) is 34.9 Å². The molecule has 0 bridgehead atoms. The number of likely N-dealkylation sites (N-methyl/N-ethyl adjacent to an activating group) is 1. The second kappa shape index (κ2) is 30.2. The first-order valence-electron chi connectivity index (χ1n) is 34.9. The first-order chi connectivity index (χ1) is 49.3. The van der Waals surface area contributed by atoms with Crippen LogP contribution in [0.5, 0.6) is 0 Å². The fourth-order valence-electron chi connectivity index (χ4n) is 13.9. The molecule has 506 valence electrons. The van der Waals surface area contributed by atoms with Gasteiger partial charge in [-0.15, -0.1) is 0 Å². The van der Waals surface area contributed by atoms with Gasteiger partial charge in [-0.05, 0) is 71.9 Å². The van der Waals surface area contributed by atoms with Crippen molar-refractivity contribution in [2.45, 2.75) is 70.7 Å². The van der Waals surface area contributed by atoms with Crippen LogP contribution < -0.4 is 20.0 Å². The highest BCUT2D eigenvalue weighted by molar-refractivity contribution is 5.97. The van der Waals surface area contributed by atoms with E-state index < -0.39 is 0 Å². The Hall–Kier alpha value is -10.7. The number of rotatable bonds is 15. The van der Waals surface area contributed by atoms with Crippen molar-refractivity contribution < 1.29 is 23.7 Å². The SMILES string of the molecule is CCN1C[C@H](c2ccccc2)N=C1c1ncc(C2=CCc3ncc(N4CCOCC4)cc32)cn1.CC[C@H](NC(=O)c1ncc(C2=CCc3ncc(N4CCOCC4)cc32)cn1)c1ccccc1.C[C@H]1N=C(c2ncc(C3=CCc4ncc(N5CCOCC5)cc43)cn2)O[C@H]1c1ccccc1. The van der Waals surface area contributed by atoms with Gasteiger partial charge in [-0.1, -0.05) is 116 Å². The minimum Gasteiger partial charge on any atom is -0.465 e. The van der Waals surface area contributed by atoms with Gasteiger partial charge in [-0.2, -0.15) is 0 Å². The van der Waals surface area contributed by atoms with Crippen LogP contribution in [0.4, 0.5) is 17.1 Å². The van der Waals surface area contributed by atoms with E-state index in [1.807, 2.05) is 105 Å². The van der Waals surface area contributed by atoms with E-state index in [0.717, 1.165) is 213 Å². The summed E-state index contributed by atoms with van der Waals surface area (Å²) in [4.78, 5) is 73.2. The van der Waals surface area contributed by atoms with E-state index >= 15 is 0 Å². The van der Waals surface area contributed by atoms with Crippen LogP contribution in [0.1, 0.15) is 135 Å². The number of fused-ring (bicyclic) bond motifs is 3. The smallest absolute Gasteiger partial charge is 0.289 e. The van der Waals surface area contributed by atoms with E-state index in [9.17, 15) is 4.79 Å². The predicted octanol–water partition coefficient (Wildman–Crippen LogP) is 10.7. The van der Waals surface area contributed by atoms with E-state index in [1.165, 1.54) is 11.1 Å². The molecule has 0 radical (unpaired) electrons. The van der Waals surface area contributed by atoms with E-state index in [0.29, 0.717) is 17.5 Å². The first-order valence-corrected chi connectivity index (χ1v) is 34.9. The Kier molecular flexibility index (Phi) is 19.7. The monoisotopic (exact) mass is 1330 g/mol. The zero-order valence-corrected chi connectivity index (χ0v) is 56.6. The number of benzene rings is 3. The number of amides is 1. The quantitative estimate of drug-likeness (QED) is 0.101. The summed E-state index contributed by atoms with van der Waals surface area (Å²) in [7, 11) is 0. The van der Waals surface area contributed by atoms with E-state index in [2.05, 4.69) is 142 Å². The maximum Gasteiger partial charge on any atom is 0.289 e. The molecular weight excluding hydrogens is 1250 g/mol. The fourth-order valence-corrected chi connectivity index (χ4v) is 13.9. The highest BCUT2D eigenvalue weighted by Crippen LogP contribution is 2.38. The van der Waals surface area contributed by atoms with Crippen LogP contribution in [-0.4, -0.2) is 165 Å². The van der Waals surface area contributed by atoms with Crippen molar-refractivity contribution in [3.63, 3.8) is 0 Å². The molecule has 0 spiro atoms. The standard InChI is InChI=1S/C27H28N6O.C26H25N5O2.C26H27N5O2/c1-2-32-18-25(19-6-4-3-5-7-19)31-27(32)26-29-15-20(16-30-26)22-8-9-24-23(22)14-21(17-28-24)33-10-12-34-13-11-33;1-17-24(18-5-3-2-4-6-18)33-26(30-17)25-28-14-19(15-29-25)21-7-8-23-22(21)13-20(16-27-23)31-9-11-32-12-10-31;1-2-23(18-6-4-3-5-7-18)30-26(32)25-28-15-19(16-29-25)21-8-9-24-22(21)14-20(17-27-24)31-10-12-33-13-11-31/h3-8,14-17,25H,2,9-13,18H2,1H3;2-7,13-17,24H,8-12H2,1H3;3-8,14-17,23H,2,9-13H2,1H3,(H,30,32)/t25-;17-,24-;23-/m110/s1. The summed E-state index contributed by atoms with van der Waals surface area (Å²) < 4.78 is 22.6. The number of anilines is 3. The minimum absolute atomic E-state index is 0.0137. The zero-order valence-electron chi connectivity index (χ0n) is 56.6. The van der Waals surface area contributed by atoms with Gasteiger partial charge in [0.25, 0.3) is 11.8 Å². The zero-order chi connectivity index (χ0) is 67.7. The molecule has 0 unspecified atom stereocenters. The van der Waals surface area contributed by atoms with Crippen LogP contribution in [0.25, 0.3) is 16.7 Å². The van der Waals surface area contributed by atoms with Crippen molar-refractivity contribution in [1.29, 1.82) is 0 Å². The summed E-state index contributed by atoms with van der Waals surface area (Å²) in [5.74, 6) is 2.48. The lowest BCUT2D eigenvalue weighted by molar-refractivity contribution is 0.0924. The fraction of sp³-hybridized carbons (Fsp3) is 0.316. The van der Waals surface area contributed by atoms with E-state index in [1.54, 1.807) is 12.4 Å². The molecule has 4 atom stereocenters. The molecule has 1 amide bonds. The molecule has 8 aliphatic rings. The molecular formula is C79H80N16O5. The number of hydrogen-bond acceptors (Lipinski definition) is 20. The average Bonchev–Trinajstić information content (AvgIpc) is 1.65. The number of carbonyl (C=O) groups excluding carboxylic acids is 1. The molecule has 3 aliphatic carbocycles. The Morgan fingerprint density at radius 1 is 0.500 bits per heavy atom. The van der Waals surface area contributed by atoms with Crippen LogP contribution in [0.2, 0.25) is 0 Å². The molecule has 100 heavy (non-hydrogen) atoms. The Labute approximate surface area is 582 Å². The van der Waals surface area contributed by atoms with Gasteiger partial charge < -0.3 is 43.9 Å². The second-order valence-corrected chi connectivity index (χ2v) is 25.6. The maximum atomic E-state index is 12.8. The molecule has 21 nitrogen and oxygen atoms in total. The van der Waals surface area contributed by atoms with Crippen molar-refractivity contribution in [2.24, 2.45) is 9.98 Å². The van der Waals surface area contributed by atoms with Gasteiger partial charge in [0.1, 0.15) is 6.10 Å². The number of carbonyl (C=O) groups is 1. The lowest BCUT2D eigenvalue weighted by atomic mass is 10.0. The number of aliphatic imine (C=N–C) groups is 2. The molecule has 6 aromatic heterocycles. The van der Waals surface area contributed by atoms with Gasteiger partial charge in [0.05, 0.1) is 111 Å². The number of aromatic nitrogens is 9. The van der Waals surface area contributed by atoms with Gasteiger partial charge in [0, 0.05) is 142 Å². The first kappa shape index (κ1) is 65.2. The number of hydrogen-bond donors (Lipinski definition) is 1. The molecule has 21 heteroatoms. The van der Waals surface area contributed by atoms with Crippen LogP contribution in [-0.2, 0) is 38.2 Å². The molecule has 9 aromatic rings. The number of amidine groups is 1. The highest BCUT2D eigenvalue weighted by atomic mass is 16.5. The van der Waals surface area contributed by atoms with Gasteiger partial charge in [0.2, 0.25) is 11.6 Å². The molecule has 11 heterocycles. The Balaban J connectivity index is 0.000000122. The second-order valence-electron chi connectivity index (χ2n) is 25.6. The molecule has 3 aromatic carbocycles. The molecule has 1 N–H and O–H groups in total. The molecule has 5 aliphatic heterocycles. The third-order valence-corrected chi connectivity index (χ3v) is 19.4. The lowest BCUT2D eigenvalue weighted by Crippen LogP contribution is -2.36. The summed E-state index contributed by atoms with van der Waals surface area (Å²) in [6.07, 6.45) is 26.6. The largest absolute Gasteiger partial charge is 0.465 e. The molecule has 3 saturated heterocycles. The van der Waals surface area contributed by atoms with E-state index in [-0.39, 0.29) is 36.0 Å². The highest BCUT2D eigenvalue weighted by Gasteiger charge is 2.33. The summed E-state index contributed by atoms with van der Waals surface area (Å²) in [6, 6.07) is 37.3. The summed E-state index contributed by atoms with van der Waals surface area (Å²) in [5, 5.41) is 3.04. The minimum atomic E-state index is -0.269. The van der Waals surface area contributed by atoms with Crippen molar-refractivity contribution in [2.75, 3.05) is 107 Å². The Morgan fingerprint density at radius 3 is 1.36 bits per heavy atom. The maximum absolute atomic E-state index is 12.8. The number of pyridine rings is 3. The van der Waals surface area contributed by atoms with Crippen LogP contribution in [0.15, 0.2) is 193 Å². The van der Waals surface area contributed by atoms with Gasteiger partial charge in [0.15, 0.2) is 11.7 Å². The molecule has 0 saturated carbocycles. The van der Waals surface area contributed by atoms with Crippen LogP contribution >= 0.6 is 0 Å². The van der Waals surface area contributed by atoms with Crippen LogP contribution in [0.3, 0.4) is 0 Å². The summed E-state index contributed by atoms with van der Waals surface area (Å²) in [5.41, 5.74) is 19.7. The number of ether oxygens (including phenoxy) is 4. The lowest BCUT2D eigenvalue weighted by Gasteiger charge is -2.29. The van der Waals surface area contributed by atoms with Crippen molar-refractivity contribution >= 4 is 51.4 Å². The normalized spacial score (nSPS) is 19.3. The van der Waals surface area contributed by atoms with Gasteiger partial charge in [-0.3, -0.25) is 24.7 Å². The predicted molar refractivity (Wildman–Crippen MR) is 386 cm³/mol.